The molecule has 1 aliphatic rings. The van der Waals surface area contributed by atoms with Crippen molar-refractivity contribution >= 4 is 17.4 Å². The third kappa shape index (κ3) is 4.96. The van der Waals surface area contributed by atoms with Gasteiger partial charge in [-0.15, -0.1) is 0 Å². The summed E-state index contributed by atoms with van der Waals surface area (Å²) in [5.41, 5.74) is 1.22. The molecular formula is C25H31FN2O2. The first-order valence-corrected chi connectivity index (χ1v) is 10.7. The summed E-state index contributed by atoms with van der Waals surface area (Å²) in [6, 6.07) is 16.6. The predicted octanol–water partition coefficient (Wildman–Crippen LogP) is 4.72. The molecule has 0 spiro atoms. The highest BCUT2D eigenvalue weighted by molar-refractivity contribution is 5.94. The first-order valence-electron chi connectivity index (χ1n) is 10.7. The molecule has 30 heavy (non-hydrogen) atoms. The number of ketones is 1. The average Bonchev–Trinajstić information content (AvgIpc) is 2.78. The monoisotopic (exact) mass is 410 g/mol. The van der Waals surface area contributed by atoms with Crippen LogP contribution in [0.2, 0.25) is 0 Å². The Morgan fingerprint density at radius 1 is 1.07 bits per heavy atom. The Morgan fingerprint density at radius 3 is 2.33 bits per heavy atom. The number of aryl methyl sites for hydroxylation is 1. The van der Waals surface area contributed by atoms with E-state index in [1.807, 2.05) is 42.5 Å². The van der Waals surface area contributed by atoms with Gasteiger partial charge in [-0.25, -0.2) is 4.39 Å². The Hall–Kier alpha value is -2.53. The van der Waals surface area contributed by atoms with Crippen molar-refractivity contribution in [1.29, 1.82) is 0 Å². The van der Waals surface area contributed by atoms with Gasteiger partial charge in [0.25, 0.3) is 0 Å². The van der Waals surface area contributed by atoms with Crippen molar-refractivity contribution in [2.45, 2.75) is 39.8 Å². The maximum Gasteiger partial charge on any atom is 0.228 e. The van der Waals surface area contributed by atoms with Gasteiger partial charge in [0.15, 0.2) is 0 Å². The van der Waals surface area contributed by atoms with E-state index in [9.17, 15) is 9.59 Å². The van der Waals surface area contributed by atoms with Crippen LogP contribution in [-0.4, -0.2) is 24.8 Å². The molecule has 0 bridgehead atoms. The molecule has 4 nitrogen and oxygen atoms in total. The zero-order chi connectivity index (χ0) is 21.7. The van der Waals surface area contributed by atoms with Crippen molar-refractivity contribution in [1.82, 2.24) is 5.32 Å². The normalized spacial score (nSPS) is 20.4. The number of hydrogen-bond donors (Lipinski definition) is 2. The van der Waals surface area contributed by atoms with Crippen molar-refractivity contribution in [2.24, 2.45) is 17.3 Å². The van der Waals surface area contributed by atoms with Gasteiger partial charge in [0.05, 0.1) is 11.3 Å². The Morgan fingerprint density at radius 2 is 1.70 bits per heavy atom. The molecule has 2 aromatic rings. The van der Waals surface area contributed by atoms with E-state index in [2.05, 4.69) is 17.6 Å². The van der Waals surface area contributed by atoms with E-state index < -0.39 is 17.5 Å². The molecule has 3 rings (SSSR count). The number of carbonyl (C=O) groups excluding carboxylic acids is 2. The van der Waals surface area contributed by atoms with Gasteiger partial charge in [0.1, 0.15) is 12.0 Å². The molecular weight excluding hydrogens is 379 g/mol. The first kappa shape index (κ1) is 22.2. The minimum absolute atomic E-state index is 0.115. The molecule has 5 heteroatoms. The largest absolute Gasteiger partial charge is 0.326 e. The lowest BCUT2D eigenvalue weighted by Gasteiger charge is -2.35. The van der Waals surface area contributed by atoms with E-state index in [4.69, 9.17) is 0 Å². The molecule has 0 radical (unpaired) electrons. The summed E-state index contributed by atoms with van der Waals surface area (Å²) < 4.78 is 15.4. The molecule has 2 N–H and O–H groups in total. The van der Waals surface area contributed by atoms with Crippen LogP contribution in [0.25, 0.3) is 0 Å². The molecule has 1 heterocycles. The third-order valence-electron chi connectivity index (χ3n) is 6.08. The minimum atomic E-state index is -1.39. The molecule has 1 amide bonds. The smallest absolute Gasteiger partial charge is 0.228 e. The van der Waals surface area contributed by atoms with Gasteiger partial charge in [-0.3, -0.25) is 9.59 Å². The highest BCUT2D eigenvalue weighted by atomic mass is 19.1. The number of nitrogens with one attached hydrogen (secondary N) is 2. The van der Waals surface area contributed by atoms with Crippen LogP contribution >= 0.6 is 0 Å². The molecule has 3 unspecified atom stereocenters. The topological polar surface area (TPSA) is 58.2 Å². The standard InChI is InChI=1S/C25H31FN2O2/c1-4-17-10-12-18(13-11-17)22(26)25(2,3)23(29)19-14-20(16-27-15-19)24(30)28-21-8-6-5-7-9-21/h5-13,19-20,22,27H,4,14-16H2,1-3H3,(H,28,30). The van der Waals surface area contributed by atoms with E-state index in [0.29, 0.717) is 25.1 Å². The second kappa shape index (κ2) is 9.52. The predicted molar refractivity (Wildman–Crippen MR) is 118 cm³/mol. The van der Waals surface area contributed by atoms with Crippen molar-refractivity contribution < 1.29 is 14.0 Å². The van der Waals surface area contributed by atoms with Crippen LogP contribution in [-0.2, 0) is 16.0 Å². The molecule has 1 fully saturated rings. The SMILES string of the molecule is CCc1ccc(C(F)C(C)(C)C(=O)C2CNCC(C(=O)Nc3ccccc3)C2)cc1. The van der Waals surface area contributed by atoms with Crippen LogP contribution < -0.4 is 10.6 Å². The van der Waals surface area contributed by atoms with Crippen LogP contribution in [0.3, 0.4) is 0 Å². The van der Waals surface area contributed by atoms with Gasteiger partial charge in [-0.2, -0.15) is 0 Å². The second-order valence-electron chi connectivity index (χ2n) is 8.69. The van der Waals surface area contributed by atoms with Crippen LogP contribution in [0.4, 0.5) is 10.1 Å². The van der Waals surface area contributed by atoms with Crippen molar-refractivity contribution in [2.75, 3.05) is 18.4 Å². The minimum Gasteiger partial charge on any atom is -0.326 e. The molecule has 1 saturated heterocycles. The molecule has 1 aliphatic heterocycles. The zero-order valence-corrected chi connectivity index (χ0v) is 18.0. The summed E-state index contributed by atoms with van der Waals surface area (Å²) in [5, 5.41) is 6.10. The summed E-state index contributed by atoms with van der Waals surface area (Å²) in [7, 11) is 0. The van der Waals surface area contributed by atoms with Crippen molar-refractivity contribution in [3.05, 3.63) is 65.7 Å². The number of piperidine rings is 1. The van der Waals surface area contributed by atoms with Crippen molar-refractivity contribution in [3.63, 3.8) is 0 Å². The van der Waals surface area contributed by atoms with Gasteiger partial charge in [-0.05, 0) is 49.9 Å². The molecule has 2 aromatic carbocycles. The van der Waals surface area contributed by atoms with Crippen LogP contribution in [0.5, 0.6) is 0 Å². The van der Waals surface area contributed by atoms with E-state index in [1.54, 1.807) is 26.0 Å². The number of benzene rings is 2. The van der Waals surface area contributed by atoms with Gasteiger partial charge < -0.3 is 10.6 Å². The quantitative estimate of drug-likeness (QED) is 0.694. The van der Waals surface area contributed by atoms with Gasteiger partial charge in [0, 0.05) is 24.7 Å². The summed E-state index contributed by atoms with van der Waals surface area (Å²) in [4.78, 5) is 25.9. The highest BCUT2D eigenvalue weighted by Gasteiger charge is 2.43. The summed E-state index contributed by atoms with van der Waals surface area (Å²) in [6.07, 6.45) is -0.0794. The summed E-state index contributed by atoms with van der Waals surface area (Å²) in [6.45, 7) is 6.37. The molecule has 3 atom stereocenters. The fourth-order valence-electron chi connectivity index (χ4n) is 4.10. The van der Waals surface area contributed by atoms with Crippen LogP contribution in [0, 0.1) is 17.3 Å². The number of hydrogen-bond acceptors (Lipinski definition) is 3. The number of anilines is 1. The number of Topliss-reactive ketones (excluding diaryl/α,β-unsaturated/α-hetero) is 1. The molecule has 0 saturated carbocycles. The number of amides is 1. The fourth-order valence-corrected chi connectivity index (χ4v) is 4.10. The fraction of sp³-hybridized carbons (Fsp3) is 0.440. The number of carbonyl (C=O) groups is 2. The highest BCUT2D eigenvalue weighted by Crippen LogP contribution is 2.41. The van der Waals surface area contributed by atoms with Gasteiger partial charge >= 0.3 is 0 Å². The Kier molecular flexibility index (Phi) is 7.03. The Labute approximate surface area is 178 Å². The maximum atomic E-state index is 15.4. The number of halogens is 1. The lowest BCUT2D eigenvalue weighted by atomic mass is 9.72. The number of para-hydroxylation sites is 1. The lowest BCUT2D eigenvalue weighted by Crippen LogP contribution is -2.47. The van der Waals surface area contributed by atoms with E-state index in [-0.39, 0.29) is 17.6 Å². The molecule has 0 aliphatic carbocycles. The van der Waals surface area contributed by atoms with E-state index in [1.165, 1.54) is 0 Å². The molecule has 0 aromatic heterocycles. The van der Waals surface area contributed by atoms with E-state index >= 15 is 4.39 Å². The van der Waals surface area contributed by atoms with Crippen LogP contribution in [0.1, 0.15) is 44.5 Å². The summed E-state index contributed by atoms with van der Waals surface area (Å²) >= 11 is 0. The van der Waals surface area contributed by atoms with E-state index in [0.717, 1.165) is 17.7 Å². The maximum absolute atomic E-state index is 15.4. The number of alkyl halides is 1. The van der Waals surface area contributed by atoms with Gasteiger partial charge in [-0.1, -0.05) is 49.4 Å². The van der Waals surface area contributed by atoms with Crippen molar-refractivity contribution in [3.8, 4) is 0 Å². The van der Waals surface area contributed by atoms with Gasteiger partial charge in [0.2, 0.25) is 5.91 Å². The summed E-state index contributed by atoms with van der Waals surface area (Å²) in [5.74, 6) is -0.978. The molecule has 160 valence electrons. The Balaban J connectivity index is 1.67. The van der Waals surface area contributed by atoms with Crippen LogP contribution in [0.15, 0.2) is 54.6 Å². The Bertz CT molecular complexity index is 864. The third-order valence-corrected chi connectivity index (χ3v) is 6.08. The lowest BCUT2D eigenvalue weighted by molar-refractivity contribution is -0.136. The average molecular weight is 411 g/mol. The first-order chi connectivity index (χ1) is 14.3. The zero-order valence-electron chi connectivity index (χ0n) is 18.0. The number of rotatable bonds is 7. The second-order valence-corrected chi connectivity index (χ2v) is 8.69.